The maximum absolute atomic E-state index is 5.68. The Hall–Kier alpha value is -1.17. The van der Waals surface area contributed by atoms with E-state index in [1.807, 2.05) is 30.8 Å². The van der Waals surface area contributed by atoms with Crippen molar-refractivity contribution in [3.63, 3.8) is 0 Å². The molecule has 4 nitrogen and oxygen atoms in total. The molecule has 2 heterocycles. The second kappa shape index (κ2) is 4.25. The topological polar surface area (TPSA) is 55.9 Å². The molecule has 0 fully saturated rings. The van der Waals surface area contributed by atoms with Crippen LogP contribution in [0.5, 0.6) is 0 Å². The van der Waals surface area contributed by atoms with Crippen LogP contribution in [0.1, 0.15) is 33.3 Å². The summed E-state index contributed by atoms with van der Waals surface area (Å²) in [4.78, 5) is 2.83. The standard InChI is InChI=1S/C12H16N4S/c1-16-7-9(6-14-16)12(15-13)11-5-8-3-2-4-10(8)17-11/h5-7,12,15H,2-4,13H2,1H3. The molecule has 5 heteroatoms. The Morgan fingerprint density at radius 3 is 3.06 bits per heavy atom. The fourth-order valence-electron chi connectivity index (χ4n) is 2.43. The molecule has 0 aromatic carbocycles. The first kappa shape index (κ1) is 11.0. The van der Waals surface area contributed by atoms with Gasteiger partial charge < -0.3 is 0 Å². The Kier molecular flexibility index (Phi) is 2.74. The quantitative estimate of drug-likeness (QED) is 0.639. The largest absolute Gasteiger partial charge is 0.275 e. The molecule has 1 aliphatic carbocycles. The molecular formula is C12H16N4S. The zero-order valence-electron chi connectivity index (χ0n) is 9.81. The van der Waals surface area contributed by atoms with Crippen LogP contribution >= 0.6 is 11.3 Å². The lowest BCUT2D eigenvalue weighted by molar-refractivity contribution is 0.645. The number of nitrogens with one attached hydrogen (secondary N) is 1. The second-order valence-electron chi connectivity index (χ2n) is 4.50. The van der Waals surface area contributed by atoms with E-state index in [1.165, 1.54) is 34.6 Å². The molecular weight excluding hydrogens is 232 g/mol. The van der Waals surface area contributed by atoms with Crippen LogP contribution in [0.25, 0.3) is 0 Å². The Bertz CT molecular complexity index is 507. The van der Waals surface area contributed by atoms with E-state index in [9.17, 15) is 0 Å². The molecule has 1 atom stereocenters. The van der Waals surface area contributed by atoms with Gasteiger partial charge in [0.25, 0.3) is 0 Å². The zero-order chi connectivity index (χ0) is 11.8. The molecule has 0 bridgehead atoms. The monoisotopic (exact) mass is 248 g/mol. The first-order valence-electron chi connectivity index (χ1n) is 5.84. The second-order valence-corrected chi connectivity index (χ2v) is 5.67. The number of rotatable bonds is 3. The lowest BCUT2D eigenvalue weighted by Gasteiger charge is -2.11. The van der Waals surface area contributed by atoms with Gasteiger partial charge in [0.2, 0.25) is 0 Å². The van der Waals surface area contributed by atoms with Gasteiger partial charge in [-0.05, 0) is 30.9 Å². The smallest absolute Gasteiger partial charge is 0.0833 e. The van der Waals surface area contributed by atoms with E-state index in [2.05, 4.69) is 16.6 Å². The van der Waals surface area contributed by atoms with E-state index in [-0.39, 0.29) is 6.04 Å². The van der Waals surface area contributed by atoms with Crippen LogP contribution in [0.4, 0.5) is 0 Å². The third-order valence-electron chi connectivity index (χ3n) is 3.28. The molecule has 3 rings (SSSR count). The minimum absolute atomic E-state index is 0.0688. The summed E-state index contributed by atoms with van der Waals surface area (Å²) in [7, 11) is 1.92. The Balaban J connectivity index is 1.94. The van der Waals surface area contributed by atoms with Gasteiger partial charge in [0, 0.05) is 28.6 Å². The van der Waals surface area contributed by atoms with Crippen molar-refractivity contribution in [1.29, 1.82) is 0 Å². The number of hydrazine groups is 1. The highest BCUT2D eigenvalue weighted by atomic mass is 32.1. The fraction of sp³-hybridized carbons (Fsp3) is 0.417. The molecule has 0 saturated heterocycles. The normalized spacial score (nSPS) is 16.1. The van der Waals surface area contributed by atoms with Gasteiger partial charge in [-0.25, -0.2) is 5.43 Å². The van der Waals surface area contributed by atoms with Crippen molar-refractivity contribution in [2.45, 2.75) is 25.3 Å². The summed E-state index contributed by atoms with van der Waals surface area (Å²) in [6.07, 6.45) is 7.63. The van der Waals surface area contributed by atoms with E-state index >= 15 is 0 Å². The Morgan fingerprint density at radius 1 is 1.53 bits per heavy atom. The molecule has 3 N–H and O–H groups in total. The molecule has 0 radical (unpaired) electrons. The van der Waals surface area contributed by atoms with Crippen molar-refractivity contribution in [2.75, 3.05) is 0 Å². The number of thiophene rings is 1. The van der Waals surface area contributed by atoms with E-state index in [4.69, 9.17) is 5.84 Å². The minimum Gasteiger partial charge on any atom is -0.275 e. The molecule has 0 saturated carbocycles. The summed E-state index contributed by atoms with van der Waals surface area (Å²) in [5, 5.41) is 4.20. The van der Waals surface area contributed by atoms with Crippen LogP contribution in [0.3, 0.4) is 0 Å². The minimum atomic E-state index is 0.0688. The predicted octanol–water partition coefficient (Wildman–Crippen LogP) is 1.52. The molecule has 2 aromatic heterocycles. The third-order valence-corrected chi connectivity index (χ3v) is 4.58. The number of hydrogen-bond acceptors (Lipinski definition) is 4. The Morgan fingerprint density at radius 2 is 2.41 bits per heavy atom. The van der Waals surface area contributed by atoms with Crippen LogP contribution in [0, 0.1) is 0 Å². The van der Waals surface area contributed by atoms with Gasteiger partial charge >= 0.3 is 0 Å². The van der Waals surface area contributed by atoms with Crippen molar-refractivity contribution in [3.8, 4) is 0 Å². The molecule has 0 amide bonds. The van der Waals surface area contributed by atoms with Crippen LogP contribution < -0.4 is 11.3 Å². The van der Waals surface area contributed by atoms with Gasteiger partial charge in [-0.2, -0.15) is 5.10 Å². The molecule has 90 valence electrons. The number of nitrogens with zero attached hydrogens (tertiary/aromatic N) is 2. The van der Waals surface area contributed by atoms with Crippen molar-refractivity contribution in [2.24, 2.45) is 12.9 Å². The average Bonchev–Trinajstić information content (AvgIpc) is 2.95. The number of nitrogens with two attached hydrogens (primary N) is 1. The maximum atomic E-state index is 5.68. The van der Waals surface area contributed by atoms with Gasteiger partial charge in [0.1, 0.15) is 0 Å². The van der Waals surface area contributed by atoms with Crippen molar-refractivity contribution >= 4 is 11.3 Å². The number of hydrogen-bond donors (Lipinski definition) is 2. The van der Waals surface area contributed by atoms with E-state index in [1.54, 1.807) is 4.68 Å². The maximum Gasteiger partial charge on any atom is 0.0833 e. The number of aryl methyl sites for hydroxylation is 3. The SMILES string of the molecule is Cn1cc(C(NN)c2cc3c(s2)CCC3)cn1. The lowest BCUT2D eigenvalue weighted by atomic mass is 10.1. The van der Waals surface area contributed by atoms with Crippen LogP contribution in [0.15, 0.2) is 18.5 Å². The molecule has 1 unspecified atom stereocenters. The summed E-state index contributed by atoms with van der Waals surface area (Å²) in [5.74, 6) is 5.68. The first-order chi connectivity index (χ1) is 8.28. The van der Waals surface area contributed by atoms with Crippen molar-refractivity contribution in [3.05, 3.63) is 39.3 Å². The molecule has 2 aromatic rings. The highest BCUT2D eigenvalue weighted by Crippen LogP contribution is 2.35. The van der Waals surface area contributed by atoms with Crippen LogP contribution in [-0.4, -0.2) is 9.78 Å². The third kappa shape index (κ3) is 1.90. The predicted molar refractivity (Wildman–Crippen MR) is 68.7 cm³/mol. The molecule has 1 aliphatic rings. The van der Waals surface area contributed by atoms with Crippen LogP contribution in [-0.2, 0) is 19.9 Å². The van der Waals surface area contributed by atoms with Gasteiger partial charge in [-0.1, -0.05) is 0 Å². The van der Waals surface area contributed by atoms with Crippen molar-refractivity contribution < 1.29 is 0 Å². The highest BCUT2D eigenvalue weighted by molar-refractivity contribution is 7.12. The first-order valence-corrected chi connectivity index (χ1v) is 6.65. The van der Waals surface area contributed by atoms with Crippen molar-refractivity contribution in [1.82, 2.24) is 15.2 Å². The van der Waals surface area contributed by atoms with E-state index < -0.39 is 0 Å². The van der Waals surface area contributed by atoms with E-state index in [0.717, 1.165) is 5.56 Å². The summed E-state index contributed by atoms with van der Waals surface area (Å²) in [6, 6.07) is 2.36. The zero-order valence-corrected chi connectivity index (χ0v) is 10.6. The van der Waals surface area contributed by atoms with Crippen LogP contribution in [0.2, 0.25) is 0 Å². The highest BCUT2D eigenvalue weighted by Gasteiger charge is 2.21. The Labute approximate surface area is 104 Å². The van der Waals surface area contributed by atoms with E-state index in [0.29, 0.717) is 0 Å². The summed E-state index contributed by atoms with van der Waals surface area (Å²) >= 11 is 1.88. The van der Waals surface area contributed by atoms with Gasteiger partial charge in [-0.15, -0.1) is 11.3 Å². The summed E-state index contributed by atoms with van der Waals surface area (Å²) in [6.45, 7) is 0. The van der Waals surface area contributed by atoms with Gasteiger partial charge in [0.05, 0.1) is 12.2 Å². The fourth-order valence-corrected chi connectivity index (χ4v) is 3.77. The lowest BCUT2D eigenvalue weighted by Crippen LogP contribution is -2.27. The molecule has 0 aliphatic heterocycles. The van der Waals surface area contributed by atoms with Gasteiger partial charge in [0.15, 0.2) is 0 Å². The average molecular weight is 248 g/mol. The molecule has 17 heavy (non-hydrogen) atoms. The number of fused-ring (bicyclic) bond motifs is 1. The molecule has 0 spiro atoms. The number of aromatic nitrogens is 2. The summed E-state index contributed by atoms with van der Waals surface area (Å²) < 4.78 is 1.81. The summed E-state index contributed by atoms with van der Waals surface area (Å²) in [5.41, 5.74) is 5.52. The van der Waals surface area contributed by atoms with Gasteiger partial charge in [-0.3, -0.25) is 10.5 Å².